The highest BCUT2D eigenvalue weighted by Gasteiger charge is 2.22. The Hall–Kier alpha value is -1.64. The highest BCUT2D eigenvalue weighted by Crippen LogP contribution is 2.09. The van der Waals surface area contributed by atoms with Gasteiger partial charge in [0.25, 0.3) is 0 Å². The third kappa shape index (κ3) is 4.86. The van der Waals surface area contributed by atoms with Crippen LogP contribution >= 0.6 is 0 Å². The van der Waals surface area contributed by atoms with Crippen LogP contribution in [0.5, 0.6) is 0 Å². The Labute approximate surface area is 114 Å². The van der Waals surface area contributed by atoms with Crippen molar-refractivity contribution in [2.24, 2.45) is 0 Å². The number of rotatable bonds is 6. The Balaban J connectivity index is 2.14. The van der Waals surface area contributed by atoms with E-state index in [-0.39, 0.29) is 6.10 Å². The van der Waals surface area contributed by atoms with Crippen molar-refractivity contribution in [3.63, 3.8) is 0 Å². The second kappa shape index (κ2) is 7.07. The highest BCUT2D eigenvalue weighted by molar-refractivity contribution is 5.41. The van der Waals surface area contributed by atoms with Crippen LogP contribution in [-0.2, 0) is 9.47 Å². The van der Waals surface area contributed by atoms with Crippen LogP contribution in [0.1, 0.15) is 6.92 Å². The summed E-state index contributed by atoms with van der Waals surface area (Å²) in [6, 6.07) is 8.27. The first-order valence-corrected chi connectivity index (χ1v) is 6.59. The molecule has 1 heterocycles. The molecule has 0 N–H and O–H groups in total. The number of hydrogen-bond donors (Lipinski definition) is 0. The molecule has 0 radical (unpaired) electrons. The van der Waals surface area contributed by atoms with Crippen LogP contribution in [0, 0.1) is 0 Å². The molecular formula is C17H20O2. The Morgan fingerprint density at radius 1 is 1.37 bits per heavy atom. The molecular weight excluding hydrogens is 236 g/mol. The lowest BCUT2D eigenvalue weighted by atomic mass is 10.2. The largest absolute Gasteiger partial charge is 0.372 e. The fourth-order valence-corrected chi connectivity index (χ4v) is 1.78. The maximum atomic E-state index is 5.72. The van der Waals surface area contributed by atoms with Crippen LogP contribution in [0.2, 0.25) is 0 Å². The SMILES string of the molecule is C=C\C=C/C=c1/cccc/c1=C\C(C)OCC1CO1. The van der Waals surface area contributed by atoms with E-state index in [0.717, 1.165) is 6.61 Å². The minimum atomic E-state index is 0.0853. The van der Waals surface area contributed by atoms with E-state index in [0.29, 0.717) is 12.7 Å². The lowest BCUT2D eigenvalue weighted by molar-refractivity contribution is 0.0918. The summed E-state index contributed by atoms with van der Waals surface area (Å²) >= 11 is 0. The van der Waals surface area contributed by atoms with E-state index in [2.05, 4.69) is 37.8 Å². The Morgan fingerprint density at radius 2 is 2.11 bits per heavy atom. The first-order chi connectivity index (χ1) is 9.29. The Bertz CT molecular complexity index is 553. The predicted molar refractivity (Wildman–Crippen MR) is 79.1 cm³/mol. The van der Waals surface area contributed by atoms with Crippen molar-refractivity contribution in [1.82, 2.24) is 0 Å². The average molecular weight is 256 g/mol. The molecule has 2 atom stereocenters. The summed E-state index contributed by atoms with van der Waals surface area (Å²) in [5, 5.41) is 2.36. The summed E-state index contributed by atoms with van der Waals surface area (Å²) in [6.07, 6.45) is 10.3. The van der Waals surface area contributed by atoms with Gasteiger partial charge < -0.3 is 9.47 Å². The van der Waals surface area contributed by atoms with Gasteiger partial charge in [0.15, 0.2) is 0 Å². The topological polar surface area (TPSA) is 21.8 Å². The molecule has 0 aromatic heterocycles. The molecule has 2 nitrogen and oxygen atoms in total. The van der Waals surface area contributed by atoms with E-state index in [9.17, 15) is 0 Å². The molecule has 0 aliphatic carbocycles. The lowest BCUT2D eigenvalue weighted by Crippen LogP contribution is -2.26. The molecule has 1 saturated heterocycles. The number of epoxide rings is 1. The number of allylic oxidation sites excluding steroid dienone is 3. The zero-order valence-corrected chi connectivity index (χ0v) is 11.3. The monoisotopic (exact) mass is 256 g/mol. The first-order valence-electron chi connectivity index (χ1n) is 6.59. The standard InChI is InChI=1S/C17H20O2/c1-3-4-5-8-15-9-6-7-10-16(15)11-14(2)18-12-17-13-19-17/h3-11,14,17H,1,12-13H2,2H3/b5-4-,15-8-,16-11+. The third-order valence-electron chi connectivity index (χ3n) is 2.88. The van der Waals surface area contributed by atoms with Crippen molar-refractivity contribution >= 4 is 12.2 Å². The van der Waals surface area contributed by atoms with E-state index >= 15 is 0 Å². The molecule has 2 heteroatoms. The molecule has 1 fully saturated rings. The summed E-state index contributed by atoms with van der Waals surface area (Å²) in [7, 11) is 0. The Morgan fingerprint density at radius 3 is 2.79 bits per heavy atom. The van der Waals surface area contributed by atoms with Crippen molar-refractivity contribution in [1.29, 1.82) is 0 Å². The molecule has 2 unspecified atom stereocenters. The lowest BCUT2D eigenvalue weighted by Gasteiger charge is -2.06. The summed E-state index contributed by atoms with van der Waals surface area (Å²) in [6.45, 7) is 7.23. The van der Waals surface area contributed by atoms with E-state index < -0.39 is 0 Å². The zero-order valence-electron chi connectivity index (χ0n) is 11.3. The van der Waals surface area contributed by atoms with Gasteiger partial charge in [0.2, 0.25) is 0 Å². The highest BCUT2D eigenvalue weighted by atomic mass is 16.6. The first kappa shape index (κ1) is 13.8. The fourth-order valence-electron chi connectivity index (χ4n) is 1.78. The molecule has 100 valence electrons. The molecule has 1 aromatic rings. The smallest absolute Gasteiger partial charge is 0.104 e. The van der Waals surface area contributed by atoms with Crippen molar-refractivity contribution in [2.45, 2.75) is 19.1 Å². The molecule has 0 bridgehead atoms. The van der Waals surface area contributed by atoms with Crippen LogP contribution in [-0.4, -0.2) is 25.4 Å². The normalized spacial score (nSPS) is 21.8. The molecule has 19 heavy (non-hydrogen) atoms. The third-order valence-corrected chi connectivity index (χ3v) is 2.88. The predicted octanol–water partition coefficient (Wildman–Crippen LogP) is 1.79. The van der Waals surface area contributed by atoms with Gasteiger partial charge in [-0.3, -0.25) is 0 Å². The van der Waals surface area contributed by atoms with Gasteiger partial charge >= 0.3 is 0 Å². The van der Waals surface area contributed by atoms with Crippen molar-refractivity contribution in [3.05, 3.63) is 59.5 Å². The molecule has 1 aliphatic rings. The number of ether oxygens (including phenoxy) is 2. The van der Waals surface area contributed by atoms with Gasteiger partial charge in [-0.2, -0.15) is 0 Å². The number of benzene rings is 1. The molecule has 0 spiro atoms. The molecule has 1 aromatic carbocycles. The summed E-state index contributed by atoms with van der Waals surface area (Å²) in [5.41, 5.74) is 0. The van der Waals surface area contributed by atoms with Crippen LogP contribution < -0.4 is 10.4 Å². The van der Waals surface area contributed by atoms with Gasteiger partial charge in [-0.15, -0.1) is 0 Å². The summed E-state index contributed by atoms with van der Waals surface area (Å²) in [5.74, 6) is 0. The fraction of sp³-hybridized carbons (Fsp3) is 0.294. The second-order valence-electron chi connectivity index (χ2n) is 4.58. The van der Waals surface area contributed by atoms with Crippen molar-refractivity contribution in [2.75, 3.05) is 13.2 Å². The molecule has 1 aliphatic heterocycles. The van der Waals surface area contributed by atoms with Gasteiger partial charge in [-0.25, -0.2) is 0 Å². The minimum absolute atomic E-state index is 0.0853. The van der Waals surface area contributed by atoms with Crippen LogP contribution in [0.25, 0.3) is 12.2 Å². The Kier molecular flexibility index (Phi) is 5.13. The van der Waals surface area contributed by atoms with Gasteiger partial charge in [0, 0.05) is 0 Å². The van der Waals surface area contributed by atoms with E-state index in [1.807, 2.05) is 24.3 Å². The van der Waals surface area contributed by atoms with E-state index in [4.69, 9.17) is 9.47 Å². The van der Waals surface area contributed by atoms with Crippen molar-refractivity contribution < 1.29 is 9.47 Å². The number of hydrogen-bond acceptors (Lipinski definition) is 2. The zero-order chi connectivity index (χ0) is 13.5. The maximum Gasteiger partial charge on any atom is 0.104 e. The van der Waals surface area contributed by atoms with Gasteiger partial charge in [-0.1, -0.05) is 55.1 Å². The van der Waals surface area contributed by atoms with Gasteiger partial charge in [0.1, 0.15) is 6.10 Å². The quantitative estimate of drug-likeness (QED) is 0.572. The van der Waals surface area contributed by atoms with Crippen LogP contribution in [0.15, 0.2) is 49.1 Å². The summed E-state index contributed by atoms with van der Waals surface area (Å²) < 4.78 is 10.9. The van der Waals surface area contributed by atoms with Crippen molar-refractivity contribution in [3.8, 4) is 0 Å². The molecule has 0 amide bonds. The summed E-state index contributed by atoms with van der Waals surface area (Å²) in [4.78, 5) is 0. The average Bonchev–Trinajstić information content (AvgIpc) is 3.23. The van der Waals surface area contributed by atoms with Gasteiger partial charge in [-0.05, 0) is 23.4 Å². The van der Waals surface area contributed by atoms with Gasteiger partial charge in [0.05, 0.1) is 19.3 Å². The van der Waals surface area contributed by atoms with Crippen LogP contribution in [0.4, 0.5) is 0 Å². The molecule has 0 saturated carbocycles. The van der Waals surface area contributed by atoms with Crippen LogP contribution in [0.3, 0.4) is 0 Å². The van der Waals surface area contributed by atoms with E-state index in [1.54, 1.807) is 6.08 Å². The minimum Gasteiger partial charge on any atom is -0.372 e. The second-order valence-corrected chi connectivity index (χ2v) is 4.58. The maximum absolute atomic E-state index is 5.72. The molecule has 2 rings (SSSR count). The van der Waals surface area contributed by atoms with E-state index in [1.165, 1.54) is 10.4 Å².